The maximum atomic E-state index is 14.4. The van der Waals surface area contributed by atoms with Crippen molar-refractivity contribution in [1.29, 1.82) is 0 Å². The highest BCUT2D eigenvalue weighted by molar-refractivity contribution is 5.85. The molecular formula is C25H29ClFNO4. The number of carboxylic acid groups (broad SMARTS) is 1. The van der Waals surface area contributed by atoms with Gasteiger partial charge in [0.1, 0.15) is 23.9 Å². The second-order valence-corrected chi connectivity index (χ2v) is 9.12. The van der Waals surface area contributed by atoms with Crippen molar-refractivity contribution in [2.45, 2.75) is 50.0 Å². The maximum Gasteiger partial charge on any atom is 0.304 e. The van der Waals surface area contributed by atoms with E-state index in [4.69, 9.17) is 14.6 Å². The van der Waals surface area contributed by atoms with E-state index in [1.165, 1.54) is 11.6 Å². The number of piperidine rings is 1. The van der Waals surface area contributed by atoms with Crippen LogP contribution in [0.15, 0.2) is 36.4 Å². The molecule has 32 heavy (non-hydrogen) atoms. The van der Waals surface area contributed by atoms with Gasteiger partial charge in [-0.1, -0.05) is 18.2 Å². The average Bonchev–Trinajstić information content (AvgIpc) is 3.56. The first kappa shape index (κ1) is 22.9. The lowest BCUT2D eigenvalue weighted by molar-refractivity contribution is -0.137. The summed E-state index contributed by atoms with van der Waals surface area (Å²) < 4.78 is 26.4. The van der Waals surface area contributed by atoms with E-state index in [1.807, 2.05) is 18.2 Å². The van der Waals surface area contributed by atoms with E-state index < -0.39 is 5.97 Å². The number of hydrogen-bond donors (Lipinski definition) is 1. The summed E-state index contributed by atoms with van der Waals surface area (Å²) in [6.45, 7) is 3.13. The highest BCUT2D eigenvalue weighted by atomic mass is 35.5. The van der Waals surface area contributed by atoms with Gasteiger partial charge in [-0.05, 0) is 55.8 Å². The van der Waals surface area contributed by atoms with Crippen LogP contribution in [0.4, 0.5) is 4.39 Å². The first-order chi connectivity index (χ1) is 15.0. The van der Waals surface area contributed by atoms with Crippen molar-refractivity contribution in [3.8, 4) is 11.5 Å². The molecule has 1 atom stereocenters. The largest absolute Gasteiger partial charge is 0.492 e. The van der Waals surface area contributed by atoms with Crippen LogP contribution < -0.4 is 9.47 Å². The number of benzene rings is 2. The first-order valence-corrected chi connectivity index (χ1v) is 11.2. The molecule has 172 valence electrons. The van der Waals surface area contributed by atoms with Crippen LogP contribution in [0.2, 0.25) is 0 Å². The molecule has 2 aromatic rings. The van der Waals surface area contributed by atoms with E-state index >= 15 is 0 Å². The van der Waals surface area contributed by atoms with Crippen LogP contribution >= 0.6 is 12.4 Å². The van der Waals surface area contributed by atoms with Crippen LogP contribution in [0.25, 0.3) is 0 Å². The summed E-state index contributed by atoms with van der Waals surface area (Å²) in [7, 11) is 0. The van der Waals surface area contributed by atoms with Crippen molar-refractivity contribution in [2.24, 2.45) is 0 Å². The van der Waals surface area contributed by atoms with Gasteiger partial charge in [0.05, 0.1) is 13.0 Å². The SMILES string of the molecule is Cl.O=C(O)CCN1CCCC2(COc3cc(OCc4c(F)cccc4C4CC4)ccc32)C1. The third-order valence-corrected chi connectivity index (χ3v) is 6.88. The smallest absolute Gasteiger partial charge is 0.304 e. The fraction of sp³-hybridized carbons (Fsp3) is 0.480. The molecule has 0 aromatic heterocycles. The molecule has 1 spiro atoms. The van der Waals surface area contributed by atoms with E-state index in [1.54, 1.807) is 6.07 Å². The first-order valence-electron chi connectivity index (χ1n) is 11.2. The monoisotopic (exact) mass is 461 g/mol. The highest BCUT2D eigenvalue weighted by Gasteiger charge is 2.44. The molecule has 1 saturated heterocycles. The minimum Gasteiger partial charge on any atom is -0.492 e. The fourth-order valence-electron chi connectivity index (χ4n) is 5.11. The van der Waals surface area contributed by atoms with Crippen LogP contribution in [0.1, 0.15) is 54.7 Å². The second kappa shape index (κ2) is 9.28. The molecule has 5 rings (SSSR count). The van der Waals surface area contributed by atoms with Gasteiger partial charge < -0.3 is 19.5 Å². The Hall–Kier alpha value is -2.31. The molecule has 1 saturated carbocycles. The zero-order valence-electron chi connectivity index (χ0n) is 18.0. The Labute approximate surface area is 193 Å². The summed E-state index contributed by atoms with van der Waals surface area (Å²) >= 11 is 0. The third kappa shape index (κ3) is 4.57. The molecule has 2 fully saturated rings. The van der Waals surface area contributed by atoms with E-state index in [9.17, 15) is 9.18 Å². The number of aliphatic carboxylic acids is 1. The summed E-state index contributed by atoms with van der Waals surface area (Å²) in [6.07, 6.45) is 4.46. The summed E-state index contributed by atoms with van der Waals surface area (Å²) in [4.78, 5) is 13.2. The van der Waals surface area contributed by atoms with Gasteiger partial charge in [0, 0.05) is 35.7 Å². The molecule has 1 aliphatic carbocycles. The molecule has 5 nitrogen and oxygen atoms in total. The normalized spacial score (nSPS) is 22.2. The van der Waals surface area contributed by atoms with Crippen LogP contribution in [0, 0.1) is 5.82 Å². The van der Waals surface area contributed by atoms with Crippen molar-refractivity contribution in [3.63, 3.8) is 0 Å². The number of hydrogen-bond acceptors (Lipinski definition) is 4. The number of nitrogens with zero attached hydrogens (tertiary/aromatic N) is 1. The molecule has 1 N–H and O–H groups in total. The summed E-state index contributed by atoms with van der Waals surface area (Å²) in [5.41, 5.74) is 2.81. The number of ether oxygens (including phenoxy) is 2. The van der Waals surface area contributed by atoms with Crippen LogP contribution in [-0.2, 0) is 16.8 Å². The molecule has 2 aliphatic heterocycles. The minimum atomic E-state index is -0.760. The van der Waals surface area contributed by atoms with Crippen molar-refractivity contribution < 1.29 is 23.8 Å². The van der Waals surface area contributed by atoms with E-state index in [0.29, 0.717) is 30.4 Å². The van der Waals surface area contributed by atoms with Crippen molar-refractivity contribution in [1.82, 2.24) is 4.90 Å². The van der Waals surface area contributed by atoms with Crippen molar-refractivity contribution >= 4 is 18.4 Å². The van der Waals surface area contributed by atoms with Crippen LogP contribution in [0.5, 0.6) is 11.5 Å². The summed E-state index contributed by atoms with van der Waals surface area (Å²) in [5.74, 6) is 1.01. The van der Waals surface area contributed by atoms with Crippen molar-refractivity contribution in [2.75, 3.05) is 26.2 Å². The fourth-order valence-corrected chi connectivity index (χ4v) is 5.11. The quantitative estimate of drug-likeness (QED) is 0.635. The Morgan fingerprint density at radius 2 is 2.12 bits per heavy atom. The number of rotatable bonds is 7. The lowest BCUT2D eigenvalue weighted by Gasteiger charge is -2.39. The maximum absolute atomic E-state index is 14.4. The minimum absolute atomic E-state index is 0. The summed E-state index contributed by atoms with van der Waals surface area (Å²) in [5, 5.41) is 9.00. The molecule has 2 aromatic carbocycles. The zero-order valence-corrected chi connectivity index (χ0v) is 18.8. The zero-order chi connectivity index (χ0) is 21.4. The average molecular weight is 462 g/mol. The summed E-state index contributed by atoms with van der Waals surface area (Å²) in [6, 6.07) is 11.2. The molecule has 0 radical (unpaired) electrons. The van der Waals surface area contributed by atoms with E-state index in [0.717, 1.165) is 50.1 Å². The number of likely N-dealkylation sites (tertiary alicyclic amines) is 1. The van der Waals surface area contributed by atoms with Gasteiger partial charge in [-0.2, -0.15) is 0 Å². The molecule has 7 heteroatoms. The molecule has 3 aliphatic rings. The number of fused-ring (bicyclic) bond motifs is 2. The Balaban J connectivity index is 0.00000245. The van der Waals surface area contributed by atoms with E-state index in [-0.39, 0.29) is 36.7 Å². The Kier molecular flexibility index (Phi) is 6.63. The second-order valence-electron chi connectivity index (χ2n) is 9.12. The van der Waals surface area contributed by atoms with Gasteiger partial charge in [0.2, 0.25) is 0 Å². The molecule has 2 heterocycles. The van der Waals surface area contributed by atoms with Gasteiger partial charge in [0.15, 0.2) is 0 Å². The molecule has 0 bridgehead atoms. The third-order valence-electron chi connectivity index (χ3n) is 6.88. The standard InChI is InChI=1S/C25H28FNO4.ClH/c26-22-4-1-3-19(17-5-6-17)20(22)14-30-18-7-8-21-23(13-18)31-16-25(21)10-2-11-27(15-25)12-9-24(28)29;/h1,3-4,7-8,13,17H,2,5-6,9-12,14-16H2,(H,28,29);1H. The van der Waals surface area contributed by atoms with Gasteiger partial charge in [-0.25, -0.2) is 4.39 Å². The predicted molar refractivity (Wildman–Crippen MR) is 121 cm³/mol. The lowest BCUT2D eigenvalue weighted by Crippen LogP contribution is -2.47. The Bertz CT molecular complexity index is 996. The highest BCUT2D eigenvalue weighted by Crippen LogP contribution is 2.46. The van der Waals surface area contributed by atoms with Gasteiger partial charge in [-0.15, -0.1) is 12.4 Å². The molecular weight excluding hydrogens is 433 g/mol. The number of halogens is 2. The topological polar surface area (TPSA) is 59.0 Å². The number of carboxylic acids is 1. The predicted octanol–water partition coefficient (Wildman–Crippen LogP) is 4.90. The van der Waals surface area contributed by atoms with Crippen LogP contribution in [0.3, 0.4) is 0 Å². The number of carbonyl (C=O) groups is 1. The van der Waals surface area contributed by atoms with Gasteiger partial charge in [-0.3, -0.25) is 4.79 Å². The molecule has 1 unspecified atom stereocenters. The van der Waals surface area contributed by atoms with Crippen LogP contribution in [-0.4, -0.2) is 42.2 Å². The molecule has 0 amide bonds. The Morgan fingerprint density at radius 3 is 2.91 bits per heavy atom. The lowest BCUT2D eigenvalue weighted by atomic mass is 9.75. The Morgan fingerprint density at radius 1 is 1.28 bits per heavy atom. The van der Waals surface area contributed by atoms with Gasteiger partial charge >= 0.3 is 5.97 Å². The van der Waals surface area contributed by atoms with E-state index in [2.05, 4.69) is 11.0 Å². The van der Waals surface area contributed by atoms with Crippen molar-refractivity contribution in [3.05, 3.63) is 58.9 Å². The van der Waals surface area contributed by atoms with Gasteiger partial charge in [0.25, 0.3) is 0 Å².